The molecule has 152 valence electrons. The van der Waals surface area contributed by atoms with Crippen LogP contribution in [0.3, 0.4) is 0 Å². The van der Waals surface area contributed by atoms with Crippen molar-refractivity contribution in [1.82, 2.24) is 14.8 Å². The van der Waals surface area contributed by atoms with E-state index >= 15 is 0 Å². The number of hydrogen-bond acceptors (Lipinski definition) is 3. The van der Waals surface area contributed by atoms with Gasteiger partial charge >= 0.3 is 6.09 Å². The molecular formula is C21H28BrN3O3. The van der Waals surface area contributed by atoms with E-state index < -0.39 is 11.7 Å². The first-order valence-electron chi connectivity index (χ1n) is 9.75. The minimum Gasteiger partial charge on any atom is -0.444 e. The van der Waals surface area contributed by atoms with Gasteiger partial charge in [0, 0.05) is 47.2 Å². The molecule has 0 unspecified atom stereocenters. The molecule has 2 aromatic rings. The van der Waals surface area contributed by atoms with Gasteiger partial charge in [0.1, 0.15) is 5.60 Å². The molecule has 3 rings (SSSR count). The minimum atomic E-state index is -0.537. The molecule has 2 heterocycles. The molecule has 1 aliphatic heterocycles. The predicted octanol–water partition coefficient (Wildman–Crippen LogP) is 4.55. The highest BCUT2D eigenvalue weighted by Crippen LogP contribution is 2.27. The van der Waals surface area contributed by atoms with Crippen molar-refractivity contribution in [3.63, 3.8) is 0 Å². The van der Waals surface area contributed by atoms with Crippen molar-refractivity contribution in [3.8, 4) is 0 Å². The number of hydrogen-bond donors (Lipinski definition) is 1. The number of nitrogens with one attached hydrogen (secondary N) is 1. The standard InChI is InChI=1S/C21H28BrN3O3/c1-5-24-13-17(16-9-8-14(22)11-18(16)24)19(26)25-10-6-7-15(12-25)23-20(27)28-21(2,3)4/h8-9,11,13,15H,5-7,10,12H2,1-4H3,(H,23,27)/t15-/m1/s1. The van der Waals surface area contributed by atoms with Gasteiger partial charge in [-0.3, -0.25) is 4.79 Å². The SMILES string of the molecule is CCn1cc(C(=O)N2CCC[C@@H](NC(=O)OC(C)(C)C)C2)c2ccc(Br)cc21. The normalized spacial score (nSPS) is 17.6. The first-order chi connectivity index (χ1) is 13.2. The zero-order chi connectivity index (χ0) is 20.5. The van der Waals surface area contributed by atoms with E-state index in [1.807, 2.05) is 50.1 Å². The van der Waals surface area contributed by atoms with Crippen molar-refractivity contribution in [1.29, 1.82) is 0 Å². The minimum absolute atomic E-state index is 0.00945. The van der Waals surface area contributed by atoms with Crippen LogP contribution in [0.15, 0.2) is 28.9 Å². The average molecular weight is 450 g/mol. The number of benzene rings is 1. The molecule has 6 nitrogen and oxygen atoms in total. The molecule has 1 aromatic carbocycles. The number of rotatable bonds is 3. The lowest BCUT2D eigenvalue weighted by atomic mass is 10.0. The third-order valence-corrected chi connectivity index (χ3v) is 5.34. The van der Waals surface area contributed by atoms with Crippen LogP contribution in [0.4, 0.5) is 4.79 Å². The lowest BCUT2D eigenvalue weighted by molar-refractivity contribution is 0.0452. The third-order valence-electron chi connectivity index (χ3n) is 4.84. The van der Waals surface area contributed by atoms with Crippen LogP contribution in [0, 0.1) is 0 Å². The molecule has 0 radical (unpaired) electrons. The summed E-state index contributed by atoms with van der Waals surface area (Å²) in [5.74, 6) is 0.00945. The lowest BCUT2D eigenvalue weighted by Crippen LogP contribution is -2.50. The van der Waals surface area contributed by atoms with Crippen molar-refractivity contribution in [2.75, 3.05) is 13.1 Å². The Labute approximate surface area is 174 Å². The van der Waals surface area contributed by atoms with Crippen molar-refractivity contribution in [3.05, 3.63) is 34.4 Å². The summed E-state index contributed by atoms with van der Waals surface area (Å²) in [5.41, 5.74) is 1.22. The summed E-state index contributed by atoms with van der Waals surface area (Å²) in [7, 11) is 0. The number of piperidine rings is 1. The van der Waals surface area contributed by atoms with Crippen LogP contribution in [0.5, 0.6) is 0 Å². The fourth-order valence-electron chi connectivity index (χ4n) is 3.62. The van der Waals surface area contributed by atoms with Gasteiger partial charge in [-0.05, 0) is 52.7 Å². The summed E-state index contributed by atoms with van der Waals surface area (Å²) in [6, 6.07) is 5.89. The molecule has 1 atom stereocenters. The number of fused-ring (bicyclic) bond motifs is 1. The topological polar surface area (TPSA) is 63.6 Å². The Morgan fingerprint density at radius 1 is 1.32 bits per heavy atom. The molecule has 0 aliphatic carbocycles. The van der Waals surface area contributed by atoms with E-state index in [0.717, 1.165) is 34.8 Å². The highest BCUT2D eigenvalue weighted by molar-refractivity contribution is 9.10. The van der Waals surface area contributed by atoms with E-state index in [2.05, 4.69) is 32.7 Å². The number of aryl methyl sites for hydroxylation is 1. The van der Waals surface area contributed by atoms with Crippen LogP contribution in [-0.2, 0) is 11.3 Å². The van der Waals surface area contributed by atoms with Crippen LogP contribution < -0.4 is 5.32 Å². The van der Waals surface area contributed by atoms with Gasteiger partial charge in [0.2, 0.25) is 0 Å². The van der Waals surface area contributed by atoms with E-state index in [1.54, 1.807) is 0 Å². The number of nitrogens with zero attached hydrogens (tertiary/aromatic N) is 2. The van der Waals surface area contributed by atoms with Gasteiger partial charge in [-0.25, -0.2) is 4.79 Å². The highest BCUT2D eigenvalue weighted by atomic mass is 79.9. The number of carbonyl (C=O) groups excluding carboxylic acids is 2. The second-order valence-electron chi connectivity index (χ2n) is 8.23. The fraction of sp³-hybridized carbons (Fsp3) is 0.524. The molecule has 1 N–H and O–H groups in total. The zero-order valence-corrected chi connectivity index (χ0v) is 18.5. The first-order valence-corrected chi connectivity index (χ1v) is 10.5. The first kappa shape index (κ1) is 20.7. The van der Waals surface area contributed by atoms with Crippen molar-refractivity contribution < 1.29 is 14.3 Å². The van der Waals surface area contributed by atoms with E-state index in [-0.39, 0.29) is 11.9 Å². The van der Waals surface area contributed by atoms with E-state index in [9.17, 15) is 9.59 Å². The Balaban J connectivity index is 1.76. The zero-order valence-electron chi connectivity index (χ0n) is 16.9. The van der Waals surface area contributed by atoms with Crippen LogP contribution in [0.25, 0.3) is 10.9 Å². The smallest absolute Gasteiger partial charge is 0.407 e. The third kappa shape index (κ3) is 4.69. The van der Waals surface area contributed by atoms with Gasteiger partial charge in [0.25, 0.3) is 5.91 Å². The van der Waals surface area contributed by atoms with Gasteiger partial charge in [-0.2, -0.15) is 0 Å². The van der Waals surface area contributed by atoms with Crippen LogP contribution in [0.1, 0.15) is 50.9 Å². The maximum atomic E-state index is 13.2. The van der Waals surface area contributed by atoms with Crippen LogP contribution in [-0.4, -0.2) is 46.2 Å². The van der Waals surface area contributed by atoms with Gasteiger partial charge in [0.05, 0.1) is 5.56 Å². The molecule has 0 saturated carbocycles. The Kier molecular flexibility index (Phi) is 6.03. The molecule has 1 aromatic heterocycles. The second-order valence-corrected chi connectivity index (χ2v) is 9.14. The summed E-state index contributed by atoms with van der Waals surface area (Å²) in [4.78, 5) is 27.2. The average Bonchev–Trinajstić information content (AvgIpc) is 2.97. The Bertz CT molecular complexity index is 885. The maximum absolute atomic E-state index is 13.2. The number of likely N-dealkylation sites (tertiary alicyclic amines) is 1. The van der Waals surface area contributed by atoms with E-state index in [0.29, 0.717) is 18.7 Å². The van der Waals surface area contributed by atoms with Crippen LogP contribution >= 0.6 is 15.9 Å². The molecule has 1 aliphatic rings. The number of aromatic nitrogens is 1. The fourth-order valence-corrected chi connectivity index (χ4v) is 3.97. The highest BCUT2D eigenvalue weighted by Gasteiger charge is 2.28. The number of ether oxygens (including phenoxy) is 1. The van der Waals surface area contributed by atoms with Crippen molar-refractivity contribution in [2.24, 2.45) is 0 Å². The number of carbonyl (C=O) groups is 2. The molecule has 28 heavy (non-hydrogen) atoms. The molecular weight excluding hydrogens is 422 g/mol. The molecule has 1 fully saturated rings. The van der Waals surface area contributed by atoms with Gasteiger partial charge in [-0.1, -0.05) is 22.0 Å². The molecule has 0 bridgehead atoms. The van der Waals surface area contributed by atoms with Gasteiger partial charge in [0.15, 0.2) is 0 Å². The molecule has 1 saturated heterocycles. The molecule has 0 spiro atoms. The summed E-state index contributed by atoms with van der Waals surface area (Å²) >= 11 is 3.51. The molecule has 2 amide bonds. The van der Waals surface area contributed by atoms with Crippen molar-refractivity contribution >= 4 is 38.8 Å². The molecule has 7 heteroatoms. The van der Waals surface area contributed by atoms with Gasteiger partial charge < -0.3 is 19.5 Å². The quantitative estimate of drug-likeness (QED) is 0.746. The number of alkyl carbamates (subject to hydrolysis) is 1. The monoisotopic (exact) mass is 449 g/mol. The summed E-state index contributed by atoms with van der Waals surface area (Å²) in [6.07, 6.45) is 3.19. The number of amides is 2. The van der Waals surface area contributed by atoms with Gasteiger partial charge in [-0.15, -0.1) is 0 Å². The van der Waals surface area contributed by atoms with Crippen LogP contribution in [0.2, 0.25) is 0 Å². The number of halogens is 1. The van der Waals surface area contributed by atoms with Crippen molar-refractivity contribution in [2.45, 2.75) is 58.7 Å². The van der Waals surface area contributed by atoms with E-state index in [1.165, 1.54) is 0 Å². The summed E-state index contributed by atoms with van der Waals surface area (Å²) in [6.45, 7) is 9.56. The van der Waals surface area contributed by atoms with E-state index in [4.69, 9.17) is 4.74 Å². The largest absolute Gasteiger partial charge is 0.444 e. The summed E-state index contributed by atoms with van der Waals surface area (Å²) in [5, 5.41) is 3.86. The Hall–Kier alpha value is -2.02. The predicted molar refractivity (Wildman–Crippen MR) is 114 cm³/mol. The second kappa shape index (κ2) is 8.15. The lowest BCUT2D eigenvalue weighted by Gasteiger charge is -2.33. The Morgan fingerprint density at radius 2 is 2.07 bits per heavy atom. The Morgan fingerprint density at radius 3 is 2.75 bits per heavy atom. The maximum Gasteiger partial charge on any atom is 0.407 e. The summed E-state index contributed by atoms with van der Waals surface area (Å²) < 4.78 is 8.43.